The minimum Gasteiger partial charge on any atom is -0.492 e. The second-order valence-electron chi connectivity index (χ2n) is 16.8. The third-order valence-corrected chi connectivity index (χ3v) is 11.8. The molecule has 3 aromatic carbocycles. The van der Waals surface area contributed by atoms with E-state index in [-0.39, 0.29) is 56.5 Å². The summed E-state index contributed by atoms with van der Waals surface area (Å²) in [6.45, 7) is 4.14. The molecule has 5 amide bonds. The fourth-order valence-electron chi connectivity index (χ4n) is 8.35. The Morgan fingerprint density at radius 2 is 1.53 bits per heavy atom. The van der Waals surface area contributed by atoms with E-state index in [4.69, 9.17) is 30.9 Å². The number of aliphatic hydroxyl groups excluding tert-OH is 1. The number of rotatable bonds is 16. The van der Waals surface area contributed by atoms with Crippen molar-refractivity contribution >= 4 is 29.5 Å². The smallest absolute Gasteiger partial charge is 0.255 e. The van der Waals surface area contributed by atoms with Crippen LogP contribution in [0.2, 0.25) is 0 Å². The van der Waals surface area contributed by atoms with E-state index < -0.39 is 60.3 Å². The number of nitriles is 1. The Bertz CT molecular complexity index is 2480. The maximum atomic E-state index is 14.5. The summed E-state index contributed by atoms with van der Waals surface area (Å²) in [7, 11) is 1.33. The van der Waals surface area contributed by atoms with Gasteiger partial charge < -0.3 is 57.0 Å². The summed E-state index contributed by atoms with van der Waals surface area (Å²) in [5.74, 6) is -1.89. The molecule has 2 aliphatic rings. The van der Waals surface area contributed by atoms with Gasteiger partial charge in [0.1, 0.15) is 61.2 Å². The summed E-state index contributed by atoms with van der Waals surface area (Å²) in [5.41, 5.74) is 14.9. The number of aromatic nitrogens is 2. The Hall–Kier alpha value is -7.14. The first-order valence-corrected chi connectivity index (χ1v) is 22.8. The first kappa shape index (κ1) is 50.3. The highest BCUT2D eigenvalue weighted by Gasteiger charge is 2.36. The van der Waals surface area contributed by atoms with Crippen LogP contribution in [0, 0.1) is 25.2 Å². The van der Waals surface area contributed by atoms with Crippen molar-refractivity contribution in [3.8, 4) is 45.8 Å². The number of nitrogens with zero attached hydrogens (tertiary/aromatic N) is 4. The number of likely N-dealkylation sites (N-methyl/N-ethyl adjacent to an activating group) is 1. The Labute approximate surface area is 395 Å². The molecule has 360 valence electrons. The van der Waals surface area contributed by atoms with E-state index in [2.05, 4.69) is 31.2 Å². The van der Waals surface area contributed by atoms with Gasteiger partial charge in [0.15, 0.2) is 5.82 Å². The van der Waals surface area contributed by atoms with E-state index >= 15 is 0 Å². The van der Waals surface area contributed by atoms with Crippen LogP contribution in [0.3, 0.4) is 0 Å². The summed E-state index contributed by atoms with van der Waals surface area (Å²) < 4.78 is 18.3. The van der Waals surface area contributed by atoms with Crippen molar-refractivity contribution < 1.29 is 43.3 Å². The molecule has 2 heterocycles. The highest BCUT2D eigenvalue weighted by atomic mass is 16.5. The topological polar surface area (TPSA) is 286 Å². The van der Waals surface area contributed by atoms with Crippen LogP contribution in [0.4, 0.5) is 0 Å². The number of fused-ring (bicyclic) bond motifs is 5. The van der Waals surface area contributed by atoms with Gasteiger partial charge in [-0.3, -0.25) is 24.0 Å². The molecule has 4 bridgehead atoms. The van der Waals surface area contributed by atoms with E-state index in [1.807, 2.05) is 30.3 Å². The summed E-state index contributed by atoms with van der Waals surface area (Å²) in [5, 5.41) is 30.3. The number of nitrogens with two attached hydrogens (primary N) is 2. The number of aliphatic hydroxyl groups is 1. The fourth-order valence-corrected chi connectivity index (χ4v) is 8.35. The Balaban J connectivity index is 1.33. The molecule has 19 nitrogen and oxygen atoms in total. The molecule has 1 aliphatic heterocycles. The van der Waals surface area contributed by atoms with Crippen molar-refractivity contribution in [2.45, 2.75) is 89.6 Å². The highest BCUT2D eigenvalue weighted by molar-refractivity contribution is 6.00. The summed E-state index contributed by atoms with van der Waals surface area (Å²) >= 11 is 0. The number of nitrogens with one attached hydrogen (secondary N) is 4. The normalized spacial score (nSPS) is 17.8. The molecule has 0 unspecified atom stereocenters. The van der Waals surface area contributed by atoms with Crippen LogP contribution in [-0.4, -0.2) is 120 Å². The van der Waals surface area contributed by atoms with Gasteiger partial charge >= 0.3 is 0 Å². The second-order valence-corrected chi connectivity index (χ2v) is 16.8. The molecule has 4 aromatic rings. The van der Waals surface area contributed by atoms with Crippen molar-refractivity contribution in [2.75, 3.05) is 46.5 Å². The Morgan fingerprint density at radius 1 is 0.897 bits per heavy atom. The third-order valence-electron chi connectivity index (χ3n) is 11.8. The van der Waals surface area contributed by atoms with Crippen LogP contribution in [0.1, 0.15) is 77.9 Å². The maximum Gasteiger partial charge on any atom is 0.255 e. The first-order chi connectivity index (χ1) is 32.8. The minimum absolute atomic E-state index is 0.0140. The molecule has 6 rings (SSSR count). The summed E-state index contributed by atoms with van der Waals surface area (Å²) in [4.78, 5) is 80.4. The average Bonchev–Trinajstić information content (AvgIpc) is 3.33. The Morgan fingerprint density at radius 3 is 2.15 bits per heavy atom. The molecule has 0 spiro atoms. The van der Waals surface area contributed by atoms with Gasteiger partial charge in [-0.25, -0.2) is 9.97 Å². The van der Waals surface area contributed by atoms with Crippen LogP contribution < -0.4 is 46.9 Å². The van der Waals surface area contributed by atoms with Crippen molar-refractivity contribution in [3.05, 3.63) is 88.7 Å². The predicted molar refractivity (Wildman–Crippen MR) is 251 cm³/mol. The van der Waals surface area contributed by atoms with Crippen LogP contribution in [0.25, 0.3) is 22.5 Å². The van der Waals surface area contributed by atoms with Crippen LogP contribution in [-0.2, 0) is 25.6 Å². The third kappa shape index (κ3) is 12.2. The molecule has 4 atom stereocenters. The van der Waals surface area contributed by atoms with Crippen molar-refractivity contribution in [1.82, 2.24) is 36.1 Å². The summed E-state index contributed by atoms with van der Waals surface area (Å²) in [6.07, 6.45) is 5.77. The van der Waals surface area contributed by atoms with Gasteiger partial charge in [-0.1, -0.05) is 18.6 Å². The van der Waals surface area contributed by atoms with Crippen LogP contribution in [0.15, 0.2) is 60.7 Å². The molecular weight excluding hydrogens is 873 g/mol. The summed E-state index contributed by atoms with van der Waals surface area (Å²) in [6, 6.07) is 13.8. The molecule has 19 heteroatoms. The molecule has 1 aliphatic carbocycles. The average molecular weight is 933 g/mol. The minimum atomic E-state index is -1.56. The highest BCUT2D eigenvalue weighted by Crippen LogP contribution is 2.40. The molecule has 68 heavy (non-hydrogen) atoms. The van der Waals surface area contributed by atoms with Gasteiger partial charge in [-0.15, -0.1) is 0 Å². The maximum absolute atomic E-state index is 14.5. The first-order valence-electron chi connectivity index (χ1n) is 22.8. The number of carbonyl (C=O) groups excluding carboxylic acids is 5. The molecule has 0 saturated heterocycles. The second kappa shape index (κ2) is 23.5. The van der Waals surface area contributed by atoms with Crippen molar-refractivity contribution in [2.24, 2.45) is 11.5 Å². The molecule has 1 aromatic heterocycles. The molecule has 1 saturated carbocycles. The van der Waals surface area contributed by atoms with Gasteiger partial charge in [0.2, 0.25) is 23.6 Å². The zero-order valence-electron chi connectivity index (χ0n) is 38.8. The van der Waals surface area contributed by atoms with E-state index in [0.717, 1.165) is 36.3 Å². The number of ether oxygens (including phenoxy) is 3. The Kier molecular flexibility index (Phi) is 17.4. The quantitative estimate of drug-likeness (QED) is 0.0795. The largest absolute Gasteiger partial charge is 0.492 e. The van der Waals surface area contributed by atoms with Gasteiger partial charge in [0, 0.05) is 43.2 Å². The number of hydrogen-bond donors (Lipinski definition) is 7. The van der Waals surface area contributed by atoms with E-state index in [1.165, 1.54) is 20.4 Å². The zero-order valence-corrected chi connectivity index (χ0v) is 38.8. The molecule has 9 N–H and O–H groups in total. The predicted octanol–water partition coefficient (Wildman–Crippen LogP) is 2.29. The SMILES string of the molecule is Cc1nc(-c2ccc(OC3CCCCC3)cc2)nc(C)c1C(=O)N[C@H](CO)C(=O)N(C)[C@@H]1C(=O)N[C@@H](C)C(=O)N[C@H](C(=O)NCC#N)Cc2ccc(OCCN)c(c2)-c2cc1ccc2OCCN. The van der Waals surface area contributed by atoms with Gasteiger partial charge in [0.05, 0.1) is 35.7 Å². The van der Waals surface area contributed by atoms with Crippen molar-refractivity contribution in [3.63, 3.8) is 0 Å². The zero-order chi connectivity index (χ0) is 48.9. The monoisotopic (exact) mass is 932 g/mol. The van der Waals surface area contributed by atoms with E-state index in [1.54, 1.807) is 50.2 Å². The lowest BCUT2D eigenvalue weighted by Crippen LogP contribution is -2.56. The van der Waals surface area contributed by atoms with Crippen LogP contribution in [0.5, 0.6) is 17.2 Å². The standard InChI is InChI=1S/C49H60N10O9/c1-28-42(29(2)55-44(54-28)32-11-14-35(15-12-32)68-34-8-6-5-7-9-34)47(63)58-39(27-60)49(65)59(4)43-33-13-17-41(67-23-20-52)37(26-33)36-24-31(10-16-40(36)66-22-19-51)25-38(46(62)53-21-18-50)57-45(61)30(3)56-48(43)64/h10-17,24,26,30,34,38-39,43,60H,5-9,19-23,25,27,51-52H2,1-4H3,(H,53,62)(H,56,64)(H,57,61)(H,58,63)/t30-,38-,39+,43-/m0/s1. The van der Waals surface area contributed by atoms with Gasteiger partial charge in [-0.05, 0) is 106 Å². The van der Waals surface area contributed by atoms with E-state index in [9.17, 15) is 29.1 Å². The van der Waals surface area contributed by atoms with Gasteiger partial charge in [0.25, 0.3) is 5.91 Å². The van der Waals surface area contributed by atoms with Crippen LogP contribution >= 0.6 is 0 Å². The van der Waals surface area contributed by atoms with Crippen molar-refractivity contribution in [1.29, 1.82) is 5.26 Å². The fraction of sp³-hybridized carbons (Fsp3) is 0.429. The lowest BCUT2D eigenvalue weighted by atomic mass is 9.93. The lowest BCUT2D eigenvalue weighted by Gasteiger charge is -2.32. The molecular formula is C49H60N10O9. The van der Waals surface area contributed by atoms with Gasteiger partial charge in [-0.2, -0.15) is 5.26 Å². The number of benzene rings is 3. The van der Waals surface area contributed by atoms with E-state index in [0.29, 0.717) is 51.0 Å². The number of carbonyl (C=O) groups is 5. The molecule has 0 radical (unpaired) electrons. The lowest BCUT2D eigenvalue weighted by molar-refractivity contribution is -0.142. The number of amides is 5. The number of hydrogen-bond acceptors (Lipinski definition) is 14. The number of aryl methyl sites for hydroxylation is 2. The molecule has 1 fully saturated rings.